The molecule has 1 nitrogen and oxygen atoms in total. The van der Waals surface area contributed by atoms with E-state index in [-0.39, 0.29) is 0 Å². The largest absolute Gasteiger partial charge is 0.327 e. The number of rotatable bonds is 0. The van der Waals surface area contributed by atoms with Crippen LogP contribution < -0.4 is 5.73 Å². The van der Waals surface area contributed by atoms with Gasteiger partial charge in [-0.25, -0.2) is 0 Å². The number of nitrogens with two attached hydrogens (primary N) is 1. The predicted octanol–water partition coefficient (Wildman–Crippen LogP) is 1.06. The molecule has 0 saturated heterocycles. The Bertz CT molecular complexity index is 162. The first-order chi connectivity index (χ1) is 4.33. The van der Waals surface area contributed by atoms with E-state index in [1.54, 1.807) is 0 Å². The summed E-state index contributed by atoms with van der Waals surface area (Å²) in [5, 5.41) is 0. The maximum absolute atomic E-state index is 5.65. The van der Waals surface area contributed by atoms with Crippen molar-refractivity contribution in [3.05, 3.63) is 11.6 Å². The molecule has 1 atom stereocenters. The molecule has 48 valence electrons. The first-order valence-electron chi connectivity index (χ1n) is 3.22. The van der Waals surface area contributed by atoms with Crippen molar-refractivity contribution >= 4 is 0 Å². The Kier molecular flexibility index (Phi) is 1.92. The lowest BCUT2D eigenvalue weighted by Gasteiger charge is -1.94. The highest BCUT2D eigenvalue weighted by atomic mass is 14.6. The smallest absolute Gasteiger partial charge is 0.00794 e. The molecule has 0 aromatic rings. The summed E-state index contributed by atoms with van der Waals surface area (Å²) in [5.74, 6) is 2.51. The molecule has 1 rings (SSSR count). The Morgan fingerprint density at radius 1 is 1.78 bits per heavy atom. The molecular formula is C8H11N. The van der Waals surface area contributed by atoms with Crippen LogP contribution in [0.2, 0.25) is 0 Å². The molecule has 1 saturated carbocycles. The highest BCUT2D eigenvalue weighted by molar-refractivity contribution is 5.20. The van der Waals surface area contributed by atoms with Crippen LogP contribution >= 0.6 is 0 Å². The lowest BCUT2D eigenvalue weighted by molar-refractivity contribution is 0.711. The summed E-state index contributed by atoms with van der Waals surface area (Å²) in [4.78, 5) is 0. The van der Waals surface area contributed by atoms with Gasteiger partial charge in [0, 0.05) is 6.04 Å². The Labute approximate surface area is 55.9 Å². The fraction of sp³-hybridized carbons (Fsp3) is 0.500. The third-order valence-corrected chi connectivity index (χ3v) is 1.65. The van der Waals surface area contributed by atoms with Gasteiger partial charge >= 0.3 is 0 Å². The van der Waals surface area contributed by atoms with Crippen LogP contribution in [0.3, 0.4) is 0 Å². The second-order valence-corrected chi connectivity index (χ2v) is 2.47. The third-order valence-electron chi connectivity index (χ3n) is 1.65. The Balaban J connectivity index is 2.50. The second-order valence-electron chi connectivity index (χ2n) is 2.47. The van der Waals surface area contributed by atoms with Gasteiger partial charge < -0.3 is 5.73 Å². The minimum absolute atomic E-state index is 0.365. The molecule has 9 heavy (non-hydrogen) atoms. The van der Waals surface area contributed by atoms with E-state index >= 15 is 0 Å². The van der Waals surface area contributed by atoms with Crippen LogP contribution in [-0.4, -0.2) is 6.04 Å². The average Bonchev–Trinajstić information content (AvgIpc) is 2.17. The highest BCUT2D eigenvalue weighted by Gasteiger charge is 2.13. The third kappa shape index (κ3) is 1.58. The van der Waals surface area contributed by atoms with Crippen molar-refractivity contribution in [1.82, 2.24) is 0 Å². The molecular weight excluding hydrogens is 110 g/mol. The average molecular weight is 121 g/mol. The van der Waals surface area contributed by atoms with E-state index < -0.39 is 0 Å². The summed E-state index contributed by atoms with van der Waals surface area (Å²) < 4.78 is 0. The van der Waals surface area contributed by atoms with E-state index in [9.17, 15) is 0 Å². The van der Waals surface area contributed by atoms with Crippen molar-refractivity contribution in [2.75, 3.05) is 0 Å². The van der Waals surface area contributed by atoms with Gasteiger partial charge in [0.05, 0.1) is 0 Å². The molecule has 0 bridgehead atoms. The molecule has 0 heterocycles. The first kappa shape index (κ1) is 6.38. The SMILES string of the molecule is C#CC=C1CCC(N)C1. The van der Waals surface area contributed by atoms with Gasteiger partial charge in [-0.1, -0.05) is 11.5 Å². The summed E-state index contributed by atoms with van der Waals surface area (Å²) in [6, 6.07) is 0.365. The van der Waals surface area contributed by atoms with Gasteiger partial charge in [-0.05, 0) is 25.3 Å². The lowest BCUT2D eigenvalue weighted by atomic mass is 10.2. The molecule has 0 aliphatic heterocycles. The Hall–Kier alpha value is -0.740. The van der Waals surface area contributed by atoms with Crippen LogP contribution in [0.1, 0.15) is 19.3 Å². The molecule has 0 aromatic heterocycles. The molecule has 2 N–H and O–H groups in total. The number of allylic oxidation sites excluding steroid dienone is 1. The molecule has 0 radical (unpaired) electrons. The van der Waals surface area contributed by atoms with E-state index in [4.69, 9.17) is 12.2 Å². The zero-order valence-electron chi connectivity index (χ0n) is 5.43. The van der Waals surface area contributed by atoms with Gasteiger partial charge in [-0.2, -0.15) is 0 Å². The summed E-state index contributed by atoms with van der Waals surface area (Å²) >= 11 is 0. The van der Waals surface area contributed by atoms with Gasteiger partial charge in [-0.15, -0.1) is 6.42 Å². The van der Waals surface area contributed by atoms with Gasteiger partial charge in [0.2, 0.25) is 0 Å². The number of terminal acetylenes is 1. The fourth-order valence-corrected chi connectivity index (χ4v) is 1.16. The van der Waals surface area contributed by atoms with Crippen molar-refractivity contribution in [2.24, 2.45) is 5.73 Å². The molecule has 0 amide bonds. The zero-order valence-corrected chi connectivity index (χ0v) is 5.43. The van der Waals surface area contributed by atoms with Crippen LogP contribution in [0, 0.1) is 12.3 Å². The Morgan fingerprint density at radius 3 is 3.00 bits per heavy atom. The van der Waals surface area contributed by atoms with E-state index in [0.29, 0.717) is 6.04 Å². The molecule has 1 fully saturated rings. The van der Waals surface area contributed by atoms with Crippen LogP contribution in [0.4, 0.5) is 0 Å². The summed E-state index contributed by atoms with van der Waals surface area (Å²) in [6.07, 6.45) is 10.1. The zero-order chi connectivity index (χ0) is 6.69. The quantitative estimate of drug-likeness (QED) is 0.476. The maximum atomic E-state index is 5.65. The molecule has 1 unspecified atom stereocenters. The van der Waals surface area contributed by atoms with Crippen LogP contribution in [0.15, 0.2) is 11.6 Å². The van der Waals surface area contributed by atoms with Crippen LogP contribution in [0.25, 0.3) is 0 Å². The maximum Gasteiger partial charge on any atom is 0.00794 e. The Morgan fingerprint density at radius 2 is 2.56 bits per heavy atom. The molecule has 0 spiro atoms. The van der Waals surface area contributed by atoms with Gasteiger partial charge in [-0.3, -0.25) is 0 Å². The lowest BCUT2D eigenvalue weighted by Crippen LogP contribution is -2.13. The highest BCUT2D eigenvalue weighted by Crippen LogP contribution is 2.22. The number of hydrogen-bond acceptors (Lipinski definition) is 1. The number of hydrogen-bond donors (Lipinski definition) is 1. The molecule has 0 aromatic carbocycles. The minimum atomic E-state index is 0.365. The first-order valence-corrected chi connectivity index (χ1v) is 3.22. The van der Waals surface area contributed by atoms with Crippen molar-refractivity contribution in [2.45, 2.75) is 25.3 Å². The summed E-state index contributed by atoms with van der Waals surface area (Å²) in [5.41, 5.74) is 6.98. The van der Waals surface area contributed by atoms with Gasteiger partial charge in [0.15, 0.2) is 0 Å². The normalized spacial score (nSPS) is 30.7. The van der Waals surface area contributed by atoms with Crippen molar-refractivity contribution in [3.63, 3.8) is 0 Å². The minimum Gasteiger partial charge on any atom is -0.327 e. The second kappa shape index (κ2) is 2.70. The summed E-state index contributed by atoms with van der Waals surface area (Å²) in [6.45, 7) is 0. The van der Waals surface area contributed by atoms with Crippen molar-refractivity contribution < 1.29 is 0 Å². The van der Waals surface area contributed by atoms with Crippen LogP contribution in [-0.2, 0) is 0 Å². The van der Waals surface area contributed by atoms with Gasteiger partial charge in [0.25, 0.3) is 0 Å². The van der Waals surface area contributed by atoms with Crippen molar-refractivity contribution in [3.8, 4) is 12.3 Å². The van der Waals surface area contributed by atoms with Gasteiger partial charge in [0.1, 0.15) is 0 Å². The molecule has 1 heteroatoms. The topological polar surface area (TPSA) is 26.0 Å². The van der Waals surface area contributed by atoms with E-state index in [0.717, 1.165) is 19.3 Å². The predicted molar refractivity (Wildman–Crippen MR) is 38.7 cm³/mol. The van der Waals surface area contributed by atoms with Crippen LogP contribution in [0.5, 0.6) is 0 Å². The summed E-state index contributed by atoms with van der Waals surface area (Å²) in [7, 11) is 0. The van der Waals surface area contributed by atoms with E-state index in [2.05, 4.69) is 5.92 Å². The van der Waals surface area contributed by atoms with Crippen molar-refractivity contribution in [1.29, 1.82) is 0 Å². The van der Waals surface area contributed by atoms with E-state index in [1.165, 1.54) is 5.57 Å². The standard InChI is InChI=1S/C8H11N/c1-2-3-7-4-5-8(9)6-7/h1,3,8H,4-6,9H2. The van der Waals surface area contributed by atoms with E-state index in [1.807, 2.05) is 6.08 Å². The monoisotopic (exact) mass is 121 g/mol. The fourth-order valence-electron chi connectivity index (χ4n) is 1.16. The molecule has 1 aliphatic carbocycles. The molecule has 1 aliphatic rings.